The maximum atomic E-state index is 9.07. The molecule has 4 aromatic rings. The molecule has 0 saturated carbocycles. The zero-order valence-corrected chi connectivity index (χ0v) is 23.7. The highest BCUT2D eigenvalue weighted by molar-refractivity contribution is 6.36. The molecule has 9 nitrogen and oxygen atoms in total. The number of nitrogens with one attached hydrogen (secondary N) is 2. The monoisotopic (exact) mass is 578 g/mol. The van der Waals surface area contributed by atoms with Crippen LogP contribution in [-0.2, 0) is 11.2 Å². The average Bonchev–Trinajstić information content (AvgIpc) is 3.39. The van der Waals surface area contributed by atoms with Gasteiger partial charge < -0.3 is 21.1 Å². The second-order valence-corrected chi connectivity index (χ2v) is 10.8. The number of pyridine rings is 1. The number of nitrogens with two attached hydrogens (primary N) is 1. The molecule has 1 aromatic carbocycles. The molecule has 1 saturated heterocycles. The fraction of sp³-hybridized carbons (Fsp3) is 0.379. The van der Waals surface area contributed by atoms with Gasteiger partial charge in [0.1, 0.15) is 23.2 Å². The van der Waals surface area contributed by atoms with Crippen molar-refractivity contribution in [2.45, 2.75) is 38.5 Å². The third-order valence-corrected chi connectivity index (χ3v) is 7.58. The maximum absolute atomic E-state index is 9.07. The lowest BCUT2D eigenvalue weighted by Crippen LogP contribution is -2.16. The summed E-state index contributed by atoms with van der Waals surface area (Å²) in [7, 11) is 0. The summed E-state index contributed by atoms with van der Waals surface area (Å²) in [5.41, 5.74) is 9.61. The molecule has 1 fully saturated rings. The minimum absolute atomic E-state index is 0.204. The standard InChI is InChI=1S/C29H32Cl2N8O/c30-21-7-8-23(24(31)15-21)25-18-39-26(16-22(38-39)14-19-4-1-2-12-40-13-3-5-19)29(36-25)35-11-10-34-27-9-6-20(17-32)28(33)37-27/h6-9,15-16,18-19H,1-5,10-14H2,(H,35,36)(H3,33,34,37). The normalized spacial score (nSPS) is 16.1. The van der Waals surface area contributed by atoms with Crippen LogP contribution >= 0.6 is 23.2 Å². The van der Waals surface area contributed by atoms with Crippen molar-refractivity contribution in [2.24, 2.45) is 5.92 Å². The molecule has 40 heavy (non-hydrogen) atoms. The van der Waals surface area contributed by atoms with Crippen molar-refractivity contribution in [2.75, 3.05) is 42.7 Å². The number of ether oxygens (including phenoxy) is 1. The first kappa shape index (κ1) is 28.0. The molecular weight excluding hydrogens is 547 g/mol. The lowest BCUT2D eigenvalue weighted by Gasteiger charge is -2.13. The predicted octanol–water partition coefficient (Wildman–Crippen LogP) is 6.22. The van der Waals surface area contributed by atoms with E-state index in [1.165, 1.54) is 12.8 Å². The van der Waals surface area contributed by atoms with Gasteiger partial charge in [-0.15, -0.1) is 0 Å². The Bertz CT molecular complexity index is 1510. The third-order valence-electron chi connectivity index (χ3n) is 7.03. The van der Waals surface area contributed by atoms with Crippen molar-refractivity contribution in [1.29, 1.82) is 5.26 Å². The van der Waals surface area contributed by atoms with E-state index >= 15 is 0 Å². The van der Waals surface area contributed by atoms with Gasteiger partial charge in [0.15, 0.2) is 5.82 Å². The average molecular weight is 580 g/mol. The van der Waals surface area contributed by atoms with Crippen LogP contribution in [0.25, 0.3) is 16.8 Å². The smallest absolute Gasteiger partial charge is 0.152 e. The molecule has 5 rings (SSSR count). The first-order chi connectivity index (χ1) is 19.5. The van der Waals surface area contributed by atoms with Gasteiger partial charge in [-0.3, -0.25) is 0 Å². The van der Waals surface area contributed by atoms with Crippen LogP contribution in [-0.4, -0.2) is 45.9 Å². The van der Waals surface area contributed by atoms with Crippen LogP contribution in [0.5, 0.6) is 0 Å². The summed E-state index contributed by atoms with van der Waals surface area (Å²) < 4.78 is 7.59. The molecular formula is C29H32Cl2N8O. The summed E-state index contributed by atoms with van der Waals surface area (Å²) in [5.74, 6) is 2.10. The van der Waals surface area contributed by atoms with Gasteiger partial charge in [-0.05, 0) is 74.4 Å². The van der Waals surface area contributed by atoms with Gasteiger partial charge in [0.25, 0.3) is 0 Å². The van der Waals surface area contributed by atoms with Crippen LogP contribution < -0.4 is 16.4 Å². The number of rotatable bonds is 8. The van der Waals surface area contributed by atoms with E-state index in [1.807, 2.05) is 22.8 Å². The van der Waals surface area contributed by atoms with Crippen LogP contribution in [0, 0.1) is 17.2 Å². The fourth-order valence-corrected chi connectivity index (χ4v) is 5.50. The molecule has 4 N–H and O–H groups in total. The van der Waals surface area contributed by atoms with Gasteiger partial charge in [0.05, 0.1) is 28.2 Å². The molecule has 4 heterocycles. The van der Waals surface area contributed by atoms with Gasteiger partial charge >= 0.3 is 0 Å². The number of nitrogens with zero attached hydrogens (tertiary/aromatic N) is 5. The Morgan fingerprint density at radius 3 is 2.67 bits per heavy atom. The molecule has 11 heteroatoms. The van der Waals surface area contributed by atoms with E-state index in [0.717, 1.165) is 55.7 Å². The van der Waals surface area contributed by atoms with Gasteiger partial charge in [-0.1, -0.05) is 29.6 Å². The minimum Gasteiger partial charge on any atom is -0.383 e. The molecule has 0 amide bonds. The molecule has 1 aliphatic heterocycles. The Morgan fingerprint density at radius 1 is 1.02 bits per heavy atom. The minimum atomic E-state index is 0.204. The third kappa shape index (κ3) is 6.94. The SMILES string of the molecule is N#Cc1ccc(NCCNc2nc(-c3ccc(Cl)cc3Cl)cn3nc(CC4CCCCOCCC4)cc23)nc1N. The summed E-state index contributed by atoms with van der Waals surface area (Å²) in [6.45, 7) is 2.82. The second kappa shape index (κ2) is 13.2. The quantitative estimate of drug-likeness (QED) is 0.210. The molecule has 1 aliphatic rings. The van der Waals surface area contributed by atoms with E-state index < -0.39 is 0 Å². The highest BCUT2D eigenvalue weighted by atomic mass is 35.5. The van der Waals surface area contributed by atoms with E-state index in [4.69, 9.17) is 49.0 Å². The van der Waals surface area contributed by atoms with Crippen molar-refractivity contribution in [3.05, 3.63) is 63.9 Å². The summed E-state index contributed by atoms with van der Waals surface area (Å²) >= 11 is 12.7. The zero-order valence-electron chi connectivity index (χ0n) is 22.2. The lowest BCUT2D eigenvalue weighted by atomic mass is 9.92. The van der Waals surface area contributed by atoms with Crippen molar-refractivity contribution in [1.82, 2.24) is 19.6 Å². The fourth-order valence-electron chi connectivity index (χ4n) is 5.00. The Morgan fingerprint density at radius 2 is 1.85 bits per heavy atom. The van der Waals surface area contributed by atoms with E-state index in [2.05, 4.69) is 21.7 Å². The summed E-state index contributed by atoms with van der Waals surface area (Å²) in [5, 5.41) is 21.8. The Hall–Kier alpha value is -3.58. The van der Waals surface area contributed by atoms with Crippen molar-refractivity contribution < 1.29 is 4.74 Å². The molecule has 0 bridgehead atoms. The molecule has 1 atom stereocenters. The number of aromatic nitrogens is 4. The predicted molar refractivity (Wildman–Crippen MR) is 160 cm³/mol. The van der Waals surface area contributed by atoms with Gasteiger partial charge in [0.2, 0.25) is 0 Å². The zero-order chi connectivity index (χ0) is 27.9. The number of benzene rings is 1. The number of hydrogen-bond donors (Lipinski definition) is 3. The van der Waals surface area contributed by atoms with E-state index in [9.17, 15) is 0 Å². The highest BCUT2D eigenvalue weighted by Gasteiger charge is 2.17. The molecule has 1 unspecified atom stereocenters. The van der Waals surface area contributed by atoms with Crippen molar-refractivity contribution in [3.8, 4) is 17.3 Å². The number of anilines is 3. The molecule has 0 radical (unpaired) electrons. The summed E-state index contributed by atoms with van der Waals surface area (Å²) in [6.07, 6.45) is 8.54. The molecule has 208 valence electrons. The number of nitriles is 1. The molecule has 0 spiro atoms. The van der Waals surface area contributed by atoms with Crippen LogP contribution in [0.15, 0.2) is 42.6 Å². The van der Waals surface area contributed by atoms with E-state index in [1.54, 1.807) is 24.3 Å². The Kier molecular flexibility index (Phi) is 9.22. The van der Waals surface area contributed by atoms with Gasteiger partial charge in [-0.25, -0.2) is 14.5 Å². The second-order valence-electron chi connectivity index (χ2n) is 9.98. The number of fused-ring (bicyclic) bond motifs is 1. The van der Waals surface area contributed by atoms with Crippen LogP contribution in [0.1, 0.15) is 43.4 Å². The van der Waals surface area contributed by atoms with Gasteiger partial charge in [-0.2, -0.15) is 10.4 Å². The Labute approximate surface area is 243 Å². The highest BCUT2D eigenvalue weighted by Crippen LogP contribution is 2.31. The van der Waals surface area contributed by atoms with Crippen LogP contribution in [0.4, 0.5) is 17.5 Å². The van der Waals surface area contributed by atoms with Crippen molar-refractivity contribution in [3.63, 3.8) is 0 Å². The topological polar surface area (TPSA) is 126 Å². The first-order valence-corrected chi connectivity index (χ1v) is 14.3. The molecule has 0 aliphatic carbocycles. The molecule has 3 aromatic heterocycles. The van der Waals surface area contributed by atoms with E-state index in [0.29, 0.717) is 51.9 Å². The maximum Gasteiger partial charge on any atom is 0.152 e. The summed E-state index contributed by atoms with van der Waals surface area (Å²) in [4.78, 5) is 9.17. The Balaban J connectivity index is 1.37. The first-order valence-electron chi connectivity index (χ1n) is 13.6. The van der Waals surface area contributed by atoms with Crippen LogP contribution in [0.2, 0.25) is 10.0 Å². The lowest BCUT2D eigenvalue weighted by molar-refractivity contribution is 0.130. The number of nitrogen functional groups attached to an aromatic ring is 1. The largest absolute Gasteiger partial charge is 0.383 e. The van der Waals surface area contributed by atoms with Gasteiger partial charge in [0, 0.05) is 36.9 Å². The number of halogens is 2. The number of hydrogen-bond acceptors (Lipinski definition) is 8. The van der Waals surface area contributed by atoms with E-state index in [-0.39, 0.29) is 5.82 Å². The van der Waals surface area contributed by atoms with Crippen molar-refractivity contribution >= 4 is 46.2 Å². The summed E-state index contributed by atoms with van der Waals surface area (Å²) in [6, 6.07) is 12.9. The van der Waals surface area contributed by atoms with Crippen LogP contribution in [0.3, 0.4) is 0 Å².